The number of para-hydroxylation sites is 1. The van der Waals surface area contributed by atoms with Crippen LogP contribution in [0.5, 0.6) is 5.75 Å². The normalized spacial score (nSPS) is 15.8. The molecule has 0 amide bonds. The zero-order valence-electron chi connectivity index (χ0n) is 13.9. The van der Waals surface area contributed by atoms with Gasteiger partial charge in [-0.25, -0.2) is 4.98 Å². The second kappa shape index (κ2) is 6.11. The molecule has 24 heavy (non-hydrogen) atoms. The molecule has 0 aliphatic carbocycles. The monoisotopic (exact) mass is 324 g/mol. The van der Waals surface area contributed by atoms with Crippen molar-refractivity contribution in [2.24, 2.45) is 5.92 Å². The standard InChI is InChI=1S/C18H20N4O2/c1-12-7-9-22(10-8-12)17-15-16(21-24-18(15)20-11-19-17)13-5-3-4-6-14(13)23-2/h3-6,11-12H,7-10H2,1-2H3. The number of piperidine rings is 1. The van der Waals surface area contributed by atoms with Crippen molar-refractivity contribution in [3.63, 3.8) is 0 Å². The second-order valence-corrected chi connectivity index (χ2v) is 6.28. The minimum absolute atomic E-state index is 0.513. The first kappa shape index (κ1) is 14.9. The van der Waals surface area contributed by atoms with E-state index in [9.17, 15) is 0 Å². The van der Waals surface area contributed by atoms with Crippen LogP contribution in [0.25, 0.3) is 22.4 Å². The van der Waals surface area contributed by atoms with Crippen LogP contribution < -0.4 is 9.64 Å². The molecule has 6 heteroatoms. The summed E-state index contributed by atoms with van der Waals surface area (Å²) in [5.41, 5.74) is 2.14. The molecule has 0 radical (unpaired) electrons. The van der Waals surface area contributed by atoms with E-state index >= 15 is 0 Å². The fraction of sp³-hybridized carbons (Fsp3) is 0.389. The van der Waals surface area contributed by atoms with E-state index in [2.05, 4.69) is 26.9 Å². The molecule has 0 spiro atoms. The first-order chi connectivity index (χ1) is 11.8. The highest BCUT2D eigenvalue weighted by molar-refractivity contribution is 5.99. The predicted octanol–water partition coefficient (Wildman–Crippen LogP) is 3.53. The number of nitrogens with zero attached hydrogens (tertiary/aromatic N) is 4. The maximum absolute atomic E-state index is 5.48. The van der Waals surface area contributed by atoms with Gasteiger partial charge >= 0.3 is 0 Å². The molecule has 3 aromatic rings. The molecule has 0 saturated carbocycles. The van der Waals surface area contributed by atoms with Crippen LogP contribution in [0, 0.1) is 5.92 Å². The summed E-state index contributed by atoms with van der Waals surface area (Å²) in [4.78, 5) is 11.1. The number of hydrogen-bond donors (Lipinski definition) is 0. The van der Waals surface area contributed by atoms with Crippen LogP contribution >= 0.6 is 0 Å². The zero-order valence-corrected chi connectivity index (χ0v) is 13.9. The molecule has 0 atom stereocenters. The van der Waals surface area contributed by atoms with Crippen LogP contribution in [0.2, 0.25) is 0 Å². The average molecular weight is 324 g/mol. The summed E-state index contributed by atoms with van der Waals surface area (Å²) >= 11 is 0. The van der Waals surface area contributed by atoms with Crippen molar-refractivity contribution in [1.29, 1.82) is 0 Å². The van der Waals surface area contributed by atoms with Gasteiger partial charge in [-0.2, -0.15) is 4.98 Å². The fourth-order valence-corrected chi connectivity index (χ4v) is 3.26. The van der Waals surface area contributed by atoms with Gasteiger partial charge in [-0.3, -0.25) is 0 Å². The summed E-state index contributed by atoms with van der Waals surface area (Å²) < 4.78 is 11.0. The van der Waals surface area contributed by atoms with Crippen LogP contribution in [0.3, 0.4) is 0 Å². The lowest BCUT2D eigenvalue weighted by Crippen LogP contribution is -2.33. The Bertz CT molecular complexity index is 853. The van der Waals surface area contributed by atoms with Crippen LogP contribution in [0.15, 0.2) is 35.1 Å². The van der Waals surface area contributed by atoms with Gasteiger partial charge in [-0.05, 0) is 30.9 Å². The van der Waals surface area contributed by atoms with Gasteiger partial charge in [-0.15, -0.1) is 0 Å². The molecule has 0 unspecified atom stereocenters. The first-order valence-corrected chi connectivity index (χ1v) is 8.26. The van der Waals surface area contributed by atoms with Crippen molar-refractivity contribution in [3.05, 3.63) is 30.6 Å². The second-order valence-electron chi connectivity index (χ2n) is 6.28. The number of rotatable bonds is 3. The highest BCUT2D eigenvalue weighted by Gasteiger charge is 2.24. The molecule has 3 heterocycles. The molecular formula is C18H20N4O2. The van der Waals surface area contributed by atoms with E-state index < -0.39 is 0 Å². The first-order valence-electron chi connectivity index (χ1n) is 8.26. The van der Waals surface area contributed by atoms with E-state index in [1.807, 2.05) is 24.3 Å². The van der Waals surface area contributed by atoms with Crippen LogP contribution in [0.1, 0.15) is 19.8 Å². The van der Waals surface area contributed by atoms with E-state index in [0.717, 1.165) is 47.2 Å². The molecule has 4 rings (SSSR count). The summed E-state index contributed by atoms with van der Waals surface area (Å²) in [6.07, 6.45) is 3.88. The summed E-state index contributed by atoms with van der Waals surface area (Å²) in [6, 6.07) is 7.80. The van der Waals surface area contributed by atoms with Crippen molar-refractivity contribution in [3.8, 4) is 17.0 Å². The highest BCUT2D eigenvalue weighted by atomic mass is 16.5. The van der Waals surface area contributed by atoms with Gasteiger partial charge in [0.1, 0.15) is 29.0 Å². The minimum atomic E-state index is 0.513. The topological polar surface area (TPSA) is 64.3 Å². The molecule has 1 aliphatic heterocycles. The van der Waals surface area contributed by atoms with Gasteiger partial charge in [-0.1, -0.05) is 24.2 Å². The van der Waals surface area contributed by atoms with Gasteiger partial charge in [0, 0.05) is 18.7 Å². The molecule has 0 bridgehead atoms. The highest BCUT2D eigenvalue weighted by Crippen LogP contribution is 2.38. The van der Waals surface area contributed by atoms with Crippen molar-refractivity contribution in [2.45, 2.75) is 19.8 Å². The molecule has 1 saturated heterocycles. The Balaban J connectivity index is 1.86. The Morgan fingerprint density at radius 3 is 2.75 bits per heavy atom. The van der Waals surface area contributed by atoms with Crippen LogP contribution in [0.4, 0.5) is 5.82 Å². The number of benzene rings is 1. The fourth-order valence-electron chi connectivity index (χ4n) is 3.26. The third-order valence-corrected chi connectivity index (χ3v) is 4.70. The van der Waals surface area contributed by atoms with E-state index in [1.54, 1.807) is 13.4 Å². The smallest absolute Gasteiger partial charge is 0.263 e. The quantitative estimate of drug-likeness (QED) is 0.734. The average Bonchev–Trinajstić information content (AvgIpc) is 3.06. The van der Waals surface area contributed by atoms with Crippen LogP contribution in [-0.4, -0.2) is 35.3 Å². The zero-order chi connectivity index (χ0) is 16.5. The van der Waals surface area contributed by atoms with Crippen molar-refractivity contribution in [1.82, 2.24) is 15.1 Å². The third-order valence-electron chi connectivity index (χ3n) is 4.70. The van der Waals surface area contributed by atoms with Crippen molar-refractivity contribution in [2.75, 3.05) is 25.1 Å². The Kier molecular flexibility index (Phi) is 3.80. The SMILES string of the molecule is COc1ccccc1-c1noc2ncnc(N3CCC(C)CC3)c12. The lowest BCUT2D eigenvalue weighted by molar-refractivity contribution is 0.414. The maximum atomic E-state index is 5.48. The van der Waals surface area contributed by atoms with E-state index in [4.69, 9.17) is 9.26 Å². The van der Waals surface area contributed by atoms with E-state index in [0.29, 0.717) is 5.71 Å². The number of fused-ring (bicyclic) bond motifs is 1. The molecule has 1 aliphatic rings. The third kappa shape index (κ3) is 2.48. The Labute approximate surface area is 140 Å². The number of ether oxygens (including phenoxy) is 1. The molecule has 1 aromatic carbocycles. The number of hydrogen-bond acceptors (Lipinski definition) is 6. The summed E-state index contributed by atoms with van der Waals surface area (Å²) in [5.74, 6) is 2.42. The molecule has 0 N–H and O–H groups in total. The van der Waals surface area contributed by atoms with Gasteiger partial charge in [0.05, 0.1) is 7.11 Å². The number of anilines is 1. The molecular weight excluding hydrogens is 304 g/mol. The van der Waals surface area contributed by atoms with Gasteiger partial charge in [0.15, 0.2) is 0 Å². The van der Waals surface area contributed by atoms with Gasteiger partial charge < -0.3 is 14.2 Å². The van der Waals surface area contributed by atoms with E-state index in [1.165, 1.54) is 12.8 Å². The molecule has 124 valence electrons. The number of methoxy groups -OCH3 is 1. The summed E-state index contributed by atoms with van der Waals surface area (Å²) in [5, 5.41) is 5.12. The lowest BCUT2D eigenvalue weighted by atomic mass is 9.99. The summed E-state index contributed by atoms with van der Waals surface area (Å²) in [6.45, 7) is 4.28. The van der Waals surface area contributed by atoms with Crippen molar-refractivity contribution < 1.29 is 9.26 Å². The lowest BCUT2D eigenvalue weighted by Gasteiger charge is -2.31. The van der Waals surface area contributed by atoms with E-state index in [-0.39, 0.29) is 0 Å². The molecule has 1 fully saturated rings. The molecule has 6 nitrogen and oxygen atoms in total. The summed E-state index contributed by atoms with van der Waals surface area (Å²) in [7, 11) is 1.66. The van der Waals surface area contributed by atoms with Gasteiger partial charge in [0.2, 0.25) is 0 Å². The Morgan fingerprint density at radius 1 is 1.17 bits per heavy atom. The van der Waals surface area contributed by atoms with Gasteiger partial charge in [0.25, 0.3) is 5.71 Å². The Morgan fingerprint density at radius 2 is 1.96 bits per heavy atom. The molecule has 2 aromatic heterocycles. The largest absolute Gasteiger partial charge is 0.496 e. The predicted molar refractivity (Wildman–Crippen MR) is 92.2 cm³/mol. The number of aromatic nitrogens is 3. The van der Waals surface area contributed by atoms with Crippen molar-refractivity contribution >= 4 is 16.9 Å². The maximum Gasteiger partial charge on any atom is 0.263 e. The Hall–Kier alpha value is -2.63. The van der Waals surface area contributed by atoms with Crippen LogP contribution in [-0.2, 0) is 0 Å². The minimum Gasteiger partial charge on any atom is -0.496 e.